The Balaban J connectivity index is 2.13. The van der Waals surface area contributed by atoms with Gasteiger partial charge in [-0.25, -0.2) is 4.79 Å². The van der Waals surface area contributed by atoms with Crippen LogP contribution in [0.25, 0.3) is 0 Å². The summed E-state index contributed by atoms with van der Waals surface area (Å²) in [7, 11) is 0. The molecular formula is C15H13NO2. The monoisotopic (exact) mass is 239 g/mol. The number of benzene rings is 2. The summed E-state index contributed by atoms with van der Waals surface area (Å²) in [4.78, 5) is 11.6. The third-order valence-corrected chi connectivity index (χ3v) is 3.18. The highest BCUT2D eigenvalue weighted by atomic mass is 16.6. The van der Waals surface area contributed by atoms with Crippen LogP contribution >= 0.6 is 0 Å². The number of carbonyl (C=O) groups excluding carboxylic acids is 1. The molecule has 90 valence electrons. The second-order valence-corrected chi connectivity index (χ2v) is 4.35. The average Bonchev–Trinajstić information content (AvgIpc) is 2.38. The van der Waals surface area contributed by atoms with Gasteiger partial charge >= 0.3 is 6.09 Å². The second-order valence-electron chi connectivity index (χ2n) is 4.35. The van der Waals surface area contributed by atoms with Gasteiger partial charge in [-0.15, -0.1) is 0 Å². The van der Waals surface area contributed by atoms with E-state index in [1.807, 2.05) is 55.5 Å². The number of cyclic esters (lactones) is 1. The predicted octanol–water partition coefficient (Wildman–Crippen LogP) is 3.65. The van der Waals surface area contributed by atoms with Gasteiger partial charge in [0.15, 0.2) is 6.10 Å². The van der Waals surface area contributed by atoms with Crippen LogP contribution in [-0.4, -0.2) is 6.09 Å². The van der Waals surface area contributed by atoms with Crippen LogP contribution in [0.5, 0.6) is 0 Å². The van der Waals surface area contributed by atoms with Gasteiger partial charge in [0.1, 0.15) is 0 Å². The van der Waals surface area contributed by atoms with Crippen LogP contribution in [-0.2, 0) is 4.74 Å². The highest BCUT2D eigenvalue weighted by molar-refractivity contribution is 5.88. The SMILES string of the molecule is Cc1ccccc1C1OC(=O)Nc2ccccc21. The van der Waals surface area contributed by atoms with Crippen molar-refractivity contribution < 1.29 is 9.53 Å². The number of aryl methyl sites for hydroxylation is 1. The van der Waals surface area contributed by atoms with Crippen molar-refractivity contribution in [3.05, 3.63) is 65.2 Å². The Hall–Kier alpha value is -2.29. The standard InChI is InChI=1S/C15H13NO2/c1-10-6-2-3-7-11(10)14-12-8-4-5-9-13(12)16-15(17)18-14/h2-9,14H,1H3,(H,16,17). The minimum Gasteiger partial charge on any atom is -0.436 e. The number of rotatable bonds is 1. The number of amides is 1. The van der Waals surface area contributed by atoms with Crippen molar-refractivity contribution in [2.75, 3.05) is 5.32 Å². The smallest absolute Gasteiger partial charge is 0.412 e. The van der Waals surface area contributed by atoms with Crippen LogP contribution < -0.4 is 5.32 Å². The molecule has 0 bridgehead atoms. The molecule has 1 unspecified atom stereocenters. The molecule has 0 aliphatic carbocycles. The lowest BCUT2D eigenvalue weighted by atomic mass is 9.95. The second kappa shape index (κ2) is 4.18. The molecule has 1 amide bonds. The number of fused-ring (bicyclic) bond motifs is 1. The molecule has 1 heterocycles. The minimum atomic E-state index is -0.401. The van der Waals surface area contributed by atoms with Crippen LogP contribution in [0.1, 0.15) is 22.8 Å². The maximum absolute atomic E-state index is 11.6. The topological polar surface area (TPSA) is 38.3 Å². The zero-order valence-corrected chi connectivity index (χ0v) is 10.0. The Morgan fingerprint density at radius 3 is 2.44 bits per heavy atom. The Morgan fingerprint density at radius 1 is 1.00 bits per heavy atom. The lowest BCUT2D eigenvalue weighted by Gasteiger charge is -2.27. The van der Waals surface area contributed by atoms with Crippen molar-refractivity contribution in [2.45, 2.75) is 13.0 Å². The molecular weight excluding hydrogens is 226 g/mol. The maximum atomic E-state index is 11.6. The zero-order chi connectivity index (χ0) is 12.5. The van der Waals surface area contributed by atoms with Gasteiger partial charge in [-0.1, -0.05) is 42.5 Å². The predicted molar refractivity (Wildman–Crippen MR) is 69.6 cm³/mol. The van der Waals surface area contributed by atoms with E-state index in [0.717, 1.165) is 22.4 Å². The van der Waals surface area contributed by atoms with E-state index in [-0.39, 0.29) is 6.10 Å². The number of para-hydroxylation sites is 1. The van der Waals surface area contributed by atoms with Gasteiger partial charge < -0.3 is 4.74 Å². The summed E-state index contributed by atoms with van der Waals surface area (Å²) in [5.74, 6) is 0. The molecule has 1 aliphatic rings. The molecule has 0 saturated heterocycles. The van der Waals surface area contributed by atoms with E-state index >= 15 is 0 Å². The fourth-order valence-electron chi connectivity index (χ4n) is 2.26. The summed E-state index contributed by atoms with van der Waals surface area (Å²) >= 11 is 0. The largest absolute Gasteiger partial charge is 0.436 e. The molecule has 0 aromatic heterocycles. The first-order valence-corrected chi connectivity index (χ1v) is 5.88. The minimum absolute atomic E-state index is 0.323. The Labute approximate surface area is 105 Å². The number of ether oxygens (including phenoxy) is 1. The first kappa shape index (κ1) is 10.8. The molecule has 0 fully saturated rings. The van der Waals surface area contributed by atoms with E-state index in [1.54, 1.807) is 0 Å². The van der Waals surface area contributed by atoms with E-state index < -0.39 is 6.09 Å². The first-order chi connectivity index (χ1) is 8.75. The van der Waals surface area contributed by atoms with Crippen LogP contribution in [0.3, 0.4) is 0 Å². The van der Waals surface area contributed by atoms with E-state index in [9.17, 15) is 4.79 Å². The van der Waals surface area contributed by atoms with E-state index in [2.05, 4.69) is 5.32 Å². The fourth-order valence-corrected chi connectivity index (χ4v) is 2.26. The Bertz CT molecular complexity index is 607. The highest BCUT2D eigenvalue weighted by Crippen LogP contribution is 2.36. The van der Waals surface area contributed by atoms with Crippen LogP contribution in [0.2, 0.25) is 0 Å². The fraction of sp³-hybridized carbons (Fsp3) is 0.133. The molecule has 1 aliphatic heterocycles. The number of carbonyl (C=O) groups is 1. The zero-order valence-electron chi connectivity index (χ0n) is 10.0. The van der Waals surface area contributed by atoms with Gasteiger partial charge in [0.2, 0.25) is 0 Å². The van der Waals surface area contributed by atoms with Crippen molar-refractivity contribution in [2.24, 2.45) is 0 Å². The molecule has 0 saturated carbocycles. The summed E-state index contributed by atoms with van der Waals surface area (Å²) in [6.07, 6.45) is -0.724. The number of hydrogen-bond donors (Lipinski definition) is 1. The normalized spacial score (nSPS) is 17.6. The average molecular weight is 239 g/mol. The molecule has 1 atom stereocenters. The van der Waals surface area contributed by atoms with E-state index in [0.29, 0.717) is 0 Å². The van der Waals surface area contributed by atoms with E-state index in [4.69, 9.17) is 4.74 Å². The number of hydrogen-bond acceptors (Lipinski definition) is 2. The van der Waals surface area contributed by atoms with Gasteiger partial charge in [-0.2, -0.15) is 0 Å². The van der Waals surface area contributed by atoms with Crippen LogP contribution in [0.4, 0.5) is 10.5 Å². The lowest BCUT2D eigenvalue weighted by molar-refractivity contribution is 0.126. The quantitative estimate of drug-likeness (QED) is 0.825. The van der Waals surface area contributed by atoms with E-state index in [1.165, 1.54) is 0 Å². The number of nitrogens with one attached hydrogen (secondary N) is 1. The first-order valence-electron chi connectivity index (χ1n) is 5.88. The maximum Gasteiger partial charge on any atom is 0.412 e. The van der Waals surface area contributed by atoms with Crippen molar-refractivity contribution in [3.63, 3.8) is 0 Å². The molecule has 0 spiro atoms. The van der Waals surface area contributed by atoms with Crippen molar-refractivity contribution in [1.82, 2.24) is 0 Å². The summed E-state index contributed by atoms with van der Waals surface area (Å²) in [5.41, 5.74) is 3.96. The Morgan fingerprint density at radius 2 is 1.67 bits per heavy atom. The van der Waals surface area contributed by atoms with Crippen molar-refractivity contribution in [1.29, 1.82) is 0 Å². The third-order valence-electron chi connectivity index (χ3n) is 3.18. The lowest BCUT2D eigenvalue weighted by Crippen LogP contribution is -2.25. The van der Waals surface area contributed by atoms with Crippen molar-refractivity contribution in [3.8, 4) is 0 Å². The van der Waals surface area contributed by atoms with Gasteiger partial charge in [-0.05, 0) is 18.6 Å². The molecule has 2 aromatic carbocycles. The molecule has 1 N–H and O–H groups in total. The van der Waals surface area contributed by atoms with Crippen LogP contribution in [0.15, 0.2) is 48.5 Å². The van der Waals surface area contributed by atoms with Gasteiger partial charge in [0.05, 0.1) is 5.69 Å². The van der Waals surface area contributed by atoms with Crippen molar-refractivity contribution >= 4 is 11.8 Å². The van der Waals surface area contributed by atoms with Gasteiger partial charge in [0, 0.05) is 11.1 Å². The molecule has 3 rings (SSSR count). The molecule has 3 nitrogen and oxygen atoms in total. The summed E-state index contributed by atoms with van der Waals surface area (Å²) in [6.45, 7) is 2.02. The third kappa shape index (κ3) is 1.74. The number of anilines is 1. The molecule has 18 heavy (non-hydrogen) atoms. The summed E-state index contributed by atoms with van der Waals surface area (Å²) in [6, 6.07) is 15.7. The molecule has 2 aromatic rings. The molecule has 3 heteroatoms. The summed E-state index contributed by atoms with van der Waals surface area (Å²) in [5, 5.41) is 2.72. The van der Waals surface area contributed by atoms with Gasteiger partial charge in [-0.3, -0.25) is 5.32 Å². The Kier molecular flexibility index (Phi) is 2.52. The molecule has 0 radical (unpaired) electrons. The highest BCUT2D eigenvalue weighted by Gasteiger charge is 2.27. The van der Waals surface area contributed by atoms with Crippen LogP contribution in [0, 0.1) is 6.92 Å². The van der Waals surface area contributed by atoms with Gasteiger partial charge in [0.25, 0.3) is 0 Å². The summed E-state index contributed by atoms with van der Waals surface area (Å²) < 4.78 is 5.43.